The number of amides is 1. The van der Waals surface area contributed by atoms with E-state index in [1.807, 2.05) is 43.3 Å². The van der Waals surface area contributed by atoms with E-state index >= 15 is 0 Å². The van der Waals surface area contributed by atoms with Gasteiger partial charge in [-0.3, -0.25) is 4.79 Å². The predicted molar refractivity (Wildman–Crippen MR) is 133 cm³/mol. The molecule has 0 radical (unpaired) electrons. The minimum Gasteiger partial charge on any atom is -0.465 e. The number of methoxy groups -OCH3 is 1. The molecule has 2 heterocycles. The number of halogens is 3. The number of esters is 1. The third-order valence-corrected chi connectivity index (χ3v) is 6.28. The van der Waals surface area contributed by atoms with Crippen molar-refractivity contribution in [3.63, 3.8) is 0 Å². The Bertz CT molecular complexity index is 1300. The zero-order valence-electron chi connectivity index (χ0n) is 21.0. The molecule has 1 unspecified atom stereocenters. The Kier molecular flexibility index (Phi) is 7.15. The van der Waals surface area contributed by atoms with E-state index in [0.29, 0.717) is 24.2 Å². The van der Waals surface area contributed by atoms with Crippen LogP contribution in [-0.2, 0) is 24.0 Å². The second kappa shape index (κ2) is 10.2. The van der Waals surface area contributed by atoms with Gasteiger partial charge in [-0.1, -0.05) is 24.3 Å². The molecule has 4 rings (SSSR count). The predicted octanol–water partition coefficient (Wildman–Crippen LogP) is 4.27. The molecule has 3 aromatic rings. The Balaban J connectivity index is 1.63. The van der Waals surface area contributed by atoms with Gasteiger partial charge in [0, 0.05) is 32.9 Å². The van der Waals surface area contributed by atoms with E-state index in [9.17, 15) is 22.8 Å². The summed E-state index contributed by atoms with van der Waals surface area (Å²) in [5.74, 6) is -1.23. The SMILES string of the molecule is COC(=O)c1ccc(C(C)NC(=O)c2c(C(F)(F)F)nn3c2N(Cc2cccc(N(C)C)c2)CC3)cc1. The molecule has 0 bridgehead atoms. The molecule has 1 aliphatic rings. The highest BCUT2D eigenvalue weighted by Gasteiger charge is 2.44. The number of aromatic nitrogens is 2. The molecule has 8 nitrogen and oxygen atoms in total. The molecular weight excluding hydrogens is 487 g/mol. The molecule has 1 aliphatic heterocycles. The molecule has 1 aromatic heterocycles. The van der Waals surface area contributed by atoms with Gasteiger partial charge in [-0.15, -0.1) is 0 Å². The number of nitrogens with one attached hydrogen (secondary N) is 1. The summed E-state index contributed by atoms with van der Waals surface area (Å²) < 4.78 is 47.8. The van der Waals surface area contributed by atoms with E-state index in [2.05, 4.69) is 15.2 Å². The highest BCUT2D eigenvalue weighted by Crippen LogP contribution is 2.39. The van der Waals surface area contributed by atoms with Gasteiger partial charge in [0.25, 0.3) is 5.91 Å². The first kappa shape index (κ1) is 26.1. The first-order chi connectivity index (χ1) is 17.5. The van der Waals surface area contributed by atoms with Gasteiger partial charge in [0.15, 0.2) is 5.69 Å². The average Bonchev–Trinajstić information content (AvgIpc) is 3.44. The molecule has 11 heteroatoms. The second-order valence-corrected chi connectivity index (χ2v) is 9.06. The summed E-state index contributed by atoms with van der Waals surface area (Å²) in [7, 11) is 5.09. The van der Waals surface area contributed by atoms with E-state index in [4.69, 9.17) is 0 Å². The van der Waals surface area contributed by atoms with Gasteiger partial charge in [-0.05, 0) is 42.3 Å². The number of carbonyl (C=O) groups excluding carboxylic acids is 2. The van der Waals surface area contributed by atoms with E-state index < -0.39 is 35.4 Å². The van der Waals surface area contributed by atoms with Gasteiger partial charge in [0.2, 0.25) is 0 Å². The minimum atomic E-state index is -4.80. The van der Waals surface area contributed by atoms with Crippen LogP contribution in [0.4, 0.5) is 24.7 Å². The summed E-state index contributed by atoms with van der Waals surface area (Å²) in [6, 6.07) is 13.4. The Hall–Kier alpha value is -4.02. The van der Waals surface area contributed by atoms with Gasteiger partial charge in [0.1, 0.15) is 11.4 Å². The van der Waals surface area contributed by atoms with Crippen LogP contribution < -0.4 is 15.1 Å². The van der Waals surface area contributed by atoms with Crippen LogP contribution >= 0.6 is 0 Å². The smallest absolute Gasteiger partial charge is 0.436 e. The van der Waals surface area contributed by atoms with E-state index in [0.717, 1.165) is 11.3 Å². The minimum absolute atomic E-state index is 0.147. The molecule has 1 N–H and O–H groups in total. The first-order valence-electron chi connectivity index (χ1n) is 11.7. The summed E-state index contributed by atoms with van der Waals surface area (Å²) in [5, 5.41) is 6.44. The van der Waals surface area contributed by atoms with E-state index in [1.54, 1.807) is 24.0 Å². The number of anilines is 2. The molecule has 0 spiro atoms. The number of nitrogens with zero attached hydrogens (tertiary/aromatic N) is 4. The van der Waals surface area contributed by atoms with Crippen molar-refractivity contribution < 1.29 is 27.5 Å². The molecule has 196 valence electrons. The van der Waals surface area contributed by atoms with Crippen molar-refractivity contribution in [1.82, 2.24) is 15.1 Å². The van der Waals surface area contributed by atoms with Crippen molar-refractivity contribution in [2.24, 2.45) is 0 Å². The number of carbonyl (C=O) groups is 2. The Morgan fingerprint density at radius 3 is 2.46 bits per heavy atom. The number of hydrogen-bond donors (Lipinski definition) is 1. The molecule has 2 aromatic carbocycles. The Labute approximate surface area is 212 Å². The zero-order valence-corrected chi connectivity index (χ0v) is 21.0. The maximum absolute atomic E-state index is 13.9. The lowest BCUT2D eigenvalue weighted by Gasteiger charge is -2.22. The first-order valence-corrected chi connectivity index (χ1v) is 11.7. The standard InChI is InChI=1S/C26H28F3N5O3/c1-16(18-8-10-19(11-9-18)25(36)37-4)30-23(35)21-22(26(27,28)29)31-34-13-12-33(24(21)34)15-17-6-5-7-20(14-17)32(2)3/h5-11,14,16H,12-13,15H2,1-4H3,(H,30,35). The molecule has 0 aliphatic carbocycles. The molecule has 0 saturated carbocycles. The van der Waals surface area contributed by atoms with Crippen molar-refractivity contribution in [2.45, 2.75) is 32.2 Å². The molecule has 0 fully saturated rings. The maximum atomic E-state index is 13.9. The van der Waals surface area contributed by atoms with Crippen LogP contribution in [0, 0.1) is 0 Å². The average molecular weight is 516 g/mol. The van der Waals surface area contributed by atoms with Crippen LogP contribution in [0.5, 0.6) is 0 Å². The van der Waals surface area contributed by atoms with Gasteiger partial charge in [-0.25, -0.2) is 9.48 Å². The fraction of sp³-hybridized carbons (Fsp3) is 0.346. The molecule has 37 heavy (non-hydrogen) atoms. The van der Waals surface area contributed by atoms with Crippen molar-refractivity contribution in [3.8, 4) is 0 Å². The number of hydrogen-bond acceptors (Lipinski definition) is 6. The third kappa shape index (κ3) is 5.40. The summed E-state index contributed by atoms with van der Waals surface area (Å²) in [6.07, 6.45) is -4.80. The van der Waals surface area contributed by atoms with Crippen LogP contribution in [0.15, 0.2) is 48.5 Å². The second-order valence-electron chi connectivity index (χ2n) is 9.06. The van der Waals surface area contributed by atoms with Crippen molar-refractivity contribution >= 4 is 23.4 Å². The molecule has 1 amide bonds. The number of ether oxygens (including phenoxy) is 1. The lowest BCUT2D eigenvalue weighted by molar-refractivity contribution is -0.141. The van der Waals surface area contributed by atoms with Gasteiger partial charge < -0.3 is 19.9 Å². The van der Waals surface area contributed by atoms with Crippen LogP contribution in [0.3, 0.4) is 0 Å². The van der Waals surface area contributed by atoms with E-state index in [-0.39, 0.29) is 12.4 Å². The Morgan fingerprint density at radius 2 is 1.84 bits per heavy atom. The van der Waals surface area contributed by atoms with Crippen LogP contribution in [0.1, 0.15) is 50.5 Å². The maximum Gasteiger partial charge on any atom is 0.436 e. The summed E-state index contributed by atoms with van der Waals surface area (Å²) in [6.45, 7) is 2.66. The largest absolute Gasteiger partial charge is 0.465 e. The topological polar surface area (TPSA) is 79.7 Å². The third-order valence-electron chi connectivity index (χ3n) is 6.28. The number of fused-ring (bicyclic) bond motifs is 1. The van der Waals surface area contributed by atoms with E-state index in [1.165, 1.54) is 23.9 Å². The molecular formula is C26H28F3N5O3. The lowest BCUT2D eigenvalue weighted by atomic mass is 10.1. The normalized spacial score (nSPS) is 13.8. The summed E-state index contributed by atoms with van der Waals surface area (Å²) in [4.78, 5) is 28.7. The fourth-order valence-corrected chi connectivity index (χ4v) is 4.34. The highest BCUT2D eigenvalue weighted by atomic mass is 19.4. The lowest BCUT2D eigenvalue weighted by Crippen LogP contribution is -2.31. The van der Waals surface area contributed by atoms with Crippen molar-refractivity contribution in [1.29, 1.82) is 0 Å². The zero-order chi connectivity index (χ0) is 26.9. The number of alkyl halides is 3. The van der Waals surface area contributed by atoms with Crippen molar-refractivity contribution in [2.75, 3.05) is 37.5 Å². The summed E-state index contributed by atoms with van der Waals surface area (Å²) in [5.41, 5.74) is 1.11. The van der Waals surface area contributed by atoms with Crippen LogP contribution in [0.25, 0.3) is 0 Å². The fourth-order valence-electron chi connectivity index (χ4n) is 4.34. The quantitative estimate of drug-likeness (QED) is 0.474. The Morgan fingerprint density at radius 1 is 1.14 bits per heavy atom. The monoisotopic (exact) mass is 515 g/mol. The number of rotatable bonds is 7. The van der Waals surface area contributed by atoms with Gasteiger partial charge >= 0.3 is 12.1 Å². The van der Waals surface area contributed by atoms with Crippen LogP contribution in [0.2, 0.25) is 0 Å². The van der Waals surface area contributed by atoms with Gasteiger partial charge in [0.05, 0.1) is 25.3 Å². The molecule has 1 atom stereocenters. The van der Waals surface area contributed by atoms with Crippen molar-refractivity contribution in [3.05, 3.63) is 76.5 Å². The van der Waals surface area contributed by atoms with Crippen LogP contribution in [-0.4, -0.2) is 49.4 Å². The highest BCUT2D eigenvalue weighted by molar-refractivity contribution is 6.01. The molecule has 0 saturated heterocycles. The number of benzene rings is 2. The summed E-state index contributed by atoms with van der Waals surface area (Å²) >= 11 is 0. The van der Waals surface area contributed by atoms with Gasteiger partial charge in [-0.2, -0.15) is 18.3 Å².